The summed E-state index contributed by atoms with van der Waals surface area (Å²) in [6, 6.07) is 17.7. The molecule has 0 heterocycles. The van der Waals surface area contributed by atoms with Crippen molar-refractivity contribution in [3.63, 3.8) is 0 Å². The van der Waals surface area contributed by atoms with Crippen LogP contribution in [-0.4, -0.2) is 84.0 Å². The SMILES string of the molecule is CNC(C)(C)CC=CC(=O)N(C)[C@H](Cc1ccc2ccccc2c1)C(=O)N(C)[C@H](Cc1ccc(F)cc1)C(=O)NC[C@@H](C)O. The van der Waals surface area contributed by atoms with Crippen molar-refractivity contribution in [1.82, 2.24) is 20.4 Å². The minimum Gasteiger partial charge on any atom is -0.392 e. The number of likely N-dealkylation sites (N-methyl/N-ethyl adjacent to an activating group) is 2. The number of fused-ring (bicyclic) bond motifs is 1. The number of nitrogens with one attached hydrogen (secondary N) is 2. The molecule has 0 spiro atoms. The molecule has 0 bridgehead atoms. The zero-order chi connectivity index (χ0) is 32.4. The molecular formula is C35H45FN4O4. The number of hydrogen-bond donors (Lipinski definition) is 3. The Balaban J connectivity index is 1.95. The van der Waals surface area contributed by atoms with Gasteiger partial charge in [0.05, 0.1) is 6.10 Å². The van der Waals surface area contributed by atoms with Crippen LogP contribution in [0.5, 0.6) is 0 Å². The van der Waals surface area contributed by atoms with E-state index in [1.807, 2.05) is 63.4 Å². The van der Waals surface area contributed by atoms with Crippen LogP contribution in [0.4, 0.5) is 4.39 Å². The number of aliphatic hydroxyl groups is 1. The molecular weight excluding hydrogens is 559 g/mol. The first-order chi connectivity index (χ1) is 20.8. The van der Waals surface area contributed by atoms with Crippen molar-refractivity contribution in [3.8, 4) is 0 Å². The second kappa shape index (κ2) is 15.6. The number of hydrogen-bond acceptors (Lipinski definition) is 5. The highest BCUT2D eigenvalue weighted by atomic mass is 19.1. The summed E-state index contributed by atoms with van der Waals surface area (Å²) in [6.07, 6.45) is 3.44. The zero-order valence-corrected chi connectivity index (χ0v) is 26.5. The molecule has 236 valence electrons. The van der Waals surface area contributed by atoms with E-state index in [0.29, 0.717) is 12.0 Å². The number of rotatable bonds is 14. The Morgan fingerprint density at radius 2 is 1.52 bits per heavy atom. The van der Waals surface area contributed by atoms with E-state index in [9.17, 15) is 23.9 Å². The molecule has 0 aliphatic heterocycles. The standard InChI is InChI=1S/C35H45FN4O4/c1-24(41)23-38-33(43)30(21-25-14-17-29(36)18-15-25)40(6)34(44)31(39(5)32(42)12-9-19-35(2,3)37-4)22-26-13-16-27-10-7-8-11-28(27)20-26/h7-18,20,24,30-31,37,41H,19,21-23H2,1-6H3,(H,38,43)/t24-,30-,31-/m1/s1. The Morgan fingerprint density at radius 1 is 0.909 bits per heavy atom. The van der Waals surface area contributed by atoms with Crippen LogP contribution in [0, 0.1) is 5.82 Å². The van der Waals surface area contributed by atoms with Gasteiger partial charge in [-0.1, -0.05) is 60.7 Å². The van der Waals surface area contributed by atoms with Gasteiger partial charge < -0.3 is 25.5 Å². The van der Waals surface area contributed by atoms with E-state index in [4.69, 9.17) is 0 Å². The second-order valence-electron chi connectivity index (χ2n) is 12.0. The lowest BCUT2D eigenvalue weighted by Crippen LogP contribution is -2.56. The molecule has 3 atom stereocenters. The maximum Gasteiger partial charge on any atom is 0.246 e. The molecule has 0 fully saturated rings. The Morgan fingerprint density at radius 3 is 2.16 bits per heavy atom. The molecule has 0 radical (unpaired) electrons. The number of carbonyl (C=O) groups is 3. The van der Waals surface area contributed by atoms with E-state index in [1.54, 1.807) is 32.2 Å². The molecule has 3 aromatic rings. The molecule has 0 saturated carbocycles. The molecule has 3 amide bonds. The fraction of sp³-hybridized carbons (Fsp3) is 0.400. The highest BCUT2D eigenvalue weighted by Gasteiger charge is 2.35. The maximum atomic E-state index is 14.3. The van der Waals surface area contributed by atoms with Crippen LogP contribution in [0.3, 0.4) is 0 Å². The molecule has 9 heteroatoms. The number of nitrogens with zero attached hydrogens (tertiary/aromatic N) is 2. The van der Waals surface area contributed by atoms with Gasteiger partial charge in [-0.3, -0.25) is 14.4 Å². The third-order valence-electron chi connectivity index (χ3n) is 7.94. The number of aliphatic hydroxyl groups excluding tert-OH is 1. The Kier molecular flexibility index (Phi) is 12.2. The van der Waals surface area contributed by atoms with E-state index >= 15 is 0 Å². The maximum absolute atomic E-state index is 14.3. The predicted molar refractivity (Wildman–Crippen MR) is 172 cm³/mol. The summed E-state index contributed by atoms with van der Waals surface area (Å²) in [7, 11) is 4.99. The van der Waals surface area contributed by atoms with Crippen LogP contribution in [-0.2, 0) is 27.2 Å². The van der Waals surface area contributed by atoms with Gasteiger partial charge in [-0.15, -0.1) is 0 Å². The average Bonchev–Trinajstić information content (AvgIpc) is 3.00. The van der Waals surface area contributed by atoms with Crippen molar-refractivity contribution in [3.05, 3.63) is 95.8 Å². The molecule has 0 aliphatic rings. The monoisotopic (exact) mass is 604 g/mol. The summed E-state index contributed by atoms with van der Waals surface area (Å²) >= 11 is 0. The minimum absolute atomic E-state index is 0.00739. The van der Waals surface area contributed by atoms with Gasteiger partial charge in [-0.2, -0.15) is 0 Å². The highest BCUT2D eigenvalue weighted by molar-refractivity contribution is 5.95. The molecule has 3 aromatic carbocycles. The first kappa shape index (κ1) is 34.4. The fourth-order valence-corrected chi connectivity index (χ4v) is 4.81. The van der Waals surface area contributed by atoms with E-state index in [1.165, 1.54) is 35.1 Å². The van der Waals surface area contributed by atoms with Crippen LogP contribution < -0.4 is 10.6 Å². The van der Waals surface area contributed by atoms with E-state index < -0.39 is 35.8 Å². The molecule has 0 aromatic heterocycles. The average molecular weight is 605 g/mol. The van der Waals surface area contributed by atoms with E-state index in [0.717, 1.165) is 16.3 Å². The summed E-state index contributed by atoms with van der Waals surface area (Å²) in [5.41, 5.74) is 1.32. The first-order valence-electron chi connectivity index (χ1n) is 14.9. The number of benzene rings is 3. The molecule has 3 N–H and O–H groups in total. The van der Waals surface area contributed by atoms with Crippen molar-refractivity contribution in [1.29, 1.82) is 0 Å². The largest absolute Gasteiger partial charge is 0.392 e. The number of halogens is 1. The molecule has 44 heavy (non-hydrogen) atoms. The van der Waals surface area contributed by atoms with Crippen LogP contribution in [0.25, 0.3) is 10.8 Å². The molecule has 8 nitrogen and oxygen atoms in total. The van der Waals surface area contributed by atoms with Gasteiger partial charge in [-0.05, 0) is 74.3 Å². The quantitative estimate of drug-likeness (QED) is 0.243. The summed E-state index contributed by atoms with van der Waals surface area (Å²) in [6.45, 7) is 5.61. The van der Waals surface area contributed by atoms with Crippen molar-refractivity contribution in [2.45, 2.75) is 63.8 Å². The lowest BCUT2D eigenvalue weighted by Gasteiger charge is -2.34. The van der Waals surface area contributed by atoms with Gasteiger partial charge in [0.25, 0.3) is 0 Å². The van der Waals surface area contributed by atoms with E-state index in [-0.39, 0.29) is 30.8 Å². The Bertz CT molecular complexity index is 1450. The Labute approximate surface area is 259 Å². The number of amides is 3. The normalized spacial score (nSPS) is 13.8. The van der Waals surface area contributed by atoms with Crippen LogP contribution in [0.15, 0.2) is 78.9 Å². The summed E-state index contributed by atoms with van der Waals surface area (Å²) in [4.78, 5) is 43.8. The third kappa shape index (κ3) is 9.72. The third-order valence-corrected chi connectivity index (χ3v) is 7.94. The van der Waals surface area contributed by atoms with Crippen LogP contribution >= 0.6 is 0 Å². The van der Waals surface area contributed by atoms with Gasteiger partial charge >= 0.3 is 0 Å². The Hall–Kier alpha value is -4.08. The lowest BCUT2D eigenvalue weighted by atomic mass is 9.98. The minimum atomic E-state index is -0.971. The van der Waals surface area contributed by atoms with Crippen molar-refractivity contribution < 1.29 is 23.9 Å². The second-order valence-corrected chi connectivity index (χ2v) is 12.0. The topological polar surface area (TPSA) is 102 Å². The highest BCUT2D eigenvalue weighted by Crippen LogP contribution is 2.20. The predicted octanol–water partition coefficient (Wildman–Crippen LogP) is 3.86. The molecule has 0 unspecified atom stereocenters. The lowest BCUT2D eigenvalue weighted by molar-refractivity contribution is -0.146. The van der Waals surface area contributed by atoms with Crippen LogP contribution in [0.2, 0.25) is 0 Å². The van der Waals surface area contributed by atoms with Gasteiger partial charge in [0.15, 0.2) is 0 Å². The smallest absolute Gasteiger partial charge is 0.246 e. The molecule has 0 saturated heterocycles. The van der Waals surface area contributed by atoms with Crippen molar-refractivity contribution in [2.24, 2.45) is 0 Å². The van der Waals surface area contributed by atoms with Crippen molar-refractivity contribution >= 4 is 28.5 Å². The number of carbonyl (C=O) groups excluding carboxylic acids is 3. The van der Waals surface area contributed by atoms with E-state index in [2.05, 4.69) is 10.6 Å². The van der Waals surface area contributed by atoms with Crippen LogP contribution in [0.1, 0.15) is 38.3 Å². The van der Waals surface area contributed by atoms with Gasteiger partial charge in [0.1, 0.15) is 17.9 Å². The molecule has 3 rings (SSSR count). The van der Waals surface area contributed by atoms with Gasteiger partial charge in [0.2, 0.25) is 17.7 Å². The van der Waals surface area contributed by atoms with Gasteiger partial charge in [0, 0.05) is 39.0 Å². The zero-order valence-electron chi connectivity index (χ0n) is 26.5. The van der Waals surface area contributed by atoms with Gasteiger partial charge in [-0.25, -0.2) is 4.39 Å². The fourth-order valence-electron chi connectivity index (χ4n) is 4.81. The van der Waals surface area contributed by atoms with Crippen molar-refractivity contribution in [2.75, 3.05) is 27.7 Å². The first-order valence-corrected chi connectivity index (χ1v) is 14.9. The molecule has 0 aliphatic carbocycles. The summed E-state index contributed by atoms with van der Waals surface area (Å²) in [5, 5.41) is 17.7. The summed E-state index contributed by atoms with van der Waals surface area (Å²) in [5.74, 6) is -1.62. The summed E-state index contributed by atoms with van der Waals surface area (Å²) < 4.78 is 13.6.